The van der Waals surface area contributed by atoms with Crippen molar-refractivity contribution in [2.24, 2.45) is 5.92 Å². The molecular weight excluding hydrogens is 573 g/mol. The van der Waals surface area contributed by atoms with Gasteiger partial charge in [0, 0.05) is 34.6 Å². The molecule has 2 aliphatic carbocycles. The summed E-state index contributed by atoms with van der Waals surface area (Å²) in [6.45, 7) is 0. The number of nitrogens with one attached hydrogen (secondary N) is 3. The SMILES string of the molecule is COC(=O)Nc1ccc(-c2cnc([C@H](CC3CC3)n3cc4c(cc3=O)-c3c(ccc(Cl)c3F)CC3(CC3)NC4=O)[nH]2)cc1. The number of ether oxygens (including phenoxy) is 1. The summed E-state index contributed by atoms with van der Waals surface area (Å²) in [7, 11) is 1.30. The minimum Gasteiger partial charge on any atom is -0.453 e. The second-order valence-corrected chi connectivity index (χ2v) is 12.1. The molecule has 1 spiro atoms. The highest BCUT2D eigenvalue weighted by molar-refractivity contribution is 6.31. The Bertz CT molecular complexity index is 1820. The number of hydrogen-bond acceptors (Lipinski definition) is 5. The topological polar surface area (TPSA) is 118 Å². The van der Waals surface area contributed by atoms with Crippen LogP contribution in [0.25, 0.3) is 22.4 Å². The van der Waals surface area contributed by atoms with Crippen LogP contribution in [0.15, 0.2) is 59.7 Å². The van der Waals surface area contributed by atoms with E-state index in [2.05, 4.69) is 25.3 Å². The molecule has 1 atom stereocenters. The quantitative estimate of drug-likeness (QED) is 0.247. The molecule has 3 aliphatic rings. The Labute approximate surface area is 251 Å². The van der Waals surface area contributed by atoms with Gasteiger partial charge in [-0.15, -0.1) is 0 Å². The molecule has 2 saturated carbocycles. The zero-order valence-electron chi connectivity index (χ0n) is 23.4. The lowest BCUT2D eigenvalue weighted by Gasteiger charge is -2.26. The third-order valence-corrected chi connectivity index (χ3v) is 8.96. The summed E-state index contributed by atoms with van der Waals surface area (Å²) in [6.07, 6.45) is 7.55. The van der Waals surface area contributed by atoms with Gasteiger partial charge in [-0.2, -0.15) is 0 Å². The maximum atomic E-state index is 15.6. The fourth-order valence-electron chi connectivity index (χ4n) is 5.96. The molecule has 3 heterocycles. The predicted molar refractivity (Wildman–Crippen MR) is 160 cm³/mol. The number of halogens is 2. The van der Waals surface area contributed by atoms with Crippen molar-refractivity contribution in [1.29, 1.82) is 0 Å². The molecule has 2 aromatic heterocycles. The number of methoxy groups -OCH3 is 1. The molecule has 1 aliphatic heterocycles. The van der Waals surface area contributed by atoms with E-state index in [1.807, 2.05) is 12.1 Å². The normalized spacial score (nSPS) is 17.2. The predicted octanol–water partition coefficient (Wildman–Crippen LogP) is 6.08. The highest BCUT2D eigenvalue weighted by Crippen LogP contribution is 2.45. The molecular formula is C32H29ClFN5O4. The van der Waals surface area contributed by atoms with E-state index >= 15 is 4.39 Å². The summed E-state index contributed by atoms with van der Waals surface area (Å²) in [5.74, 6) is 0.0512. The van der Waals surface area contributed by atoms with Crippen molar-refractivity contribution in [2.75, 3.05) is 12.4 Å². The Morgan fingerprint density at radius 2 is 1.95 bits per heavy atom. The number of imidazole rings is 1. The molecule has 2 fully saturated rings. The van der Waals surface area contributed by atoms with Gasteiger partial charge in [0.05, 0.1) is 35.6 Å². The van der Waals surface area contributed by atoms with E-state index in [4.69, 9.17) is 11.6 Å². The van der Waals surface area contributed by atoms with Crippen LogP contribution in [0.3, 0.4) is 0 Å². The van der Waals surface area contributed by atoms with Crippen molar-refractivity contribution < 1.29 is 18.7 Å². The molecule has 0 bridgehead atoms. The smallest absolute Gasteiger partial charge is 0.411 e. The van der Waals surface area contributed by atoms with Gasteiger partial charge in [0.15, 0.2) is 0 Å². The number of benzene rings is 2. The van der Waals surface area contributed by atoms with Gasteiger partial charge in [-0.3, -0.25) is 14.9 Å². The van der Waals surface area contributed by atoms with E-state index in [1.165, 1.54) is 19.2 Å². The Kier molecular flexibility index (Phi) is 6.61. The van der Waals surface area contributed by atoms with Crippen LogP contribution in [0, 0.1) is 11.7 Å². The van der Waals surface area contributed by atoms with Crippen LogP contribution in [0.4, 0.5) is 14.9 Å². The van der Waals surface area contributed by atoms with Crippen molar-refractivity contribution in [1.82, 2.24) is 19.9 Å². The van der Waals surface area contributed by atoms with Gasteiger partial charge in [0.25, 0.3) is 11.5 Å². The Hall–Kier alpha value is -4.44. The number of amides is 2. The number of fused-ring (bicyclic) bond motifs is 3. The van der Waals surface area contributed by atoms with E-state index < -0.39 is 23.5 Å². The molecule has 220 valence electrons. The standard InChI is InChI=1S/C32H29ClFN5O4/c1-43-31(42)36-20-7-4-18(5-8-20)24-15-35-29(37-24)25(12-17-2-3-17)39-16-22-21(13-26(39)40)27-19(6-9-23(33)28(27)34)14-32(10-11-32)38-30(22)41/h4-9,13,15-17,25H,2-3,10-12,14H2,1H3,(H,35,37)(H,36,42)(H,38,41)/t25-/m0/s1. The van der Waals surface area contributed by atoms with Crippen molar-refractivity contribution in [3.63, 3.8) is 0 Å². The van der Waals surface area contributed by atoms with Crippen LogP contribution in [-0.4, -0.2) is 39.2 Å². The number of carbonyl (C=O) groups is 2. The molecule has 0 radical (unpaired) electrons. The van der Waals surface area contributed by atoms with Gasteiger partial charge in [0.1, 0.15) is 11.6 Å². The molecule has 3 N–H and O–H groups in total. The monoisotopic (exact) mass is 601 g/mol. The van der Waals surface area contributed by atoms with Gasteiger partial charge in [-0.1, -0.05) is 42.6 Å². The lowest BCUT2D eigenvalue weighted by Crippen LogP contribution is -2.41. The van der Waals surface area contributed by atoms with Gasteiger partial charge < -0.3 is 19.6 Å². The second kappa shape index (κ2) is 10.4. The number of nitrogens with zero attached hydrogens (tertiary/aromatic N) is 2. The van der Waals surface area contributed by atoms with E-state index in [0.29, 0.717) is 30.3 Å². The van der Waals surface area contributed by atoms with Crippen LogP contribution in [0.2, 0.25) is 5.02 Å². The minimum atomic E-state index is -0.624. The molecule has 9 nitrogen and oxygen atoms in total. The minimum absolute atomic E-state index is 0.0523. The first-order chi connectivity index (χ1) is 20.7. The number of aromatic amines is 1. The number of H-pyrrole nitrogens is 1. The molecule has 11 heteroatoms. The first kappa shape index (κ1) is 27.4. The summed E-state index contributed by atoms with van der Waals surface area (Å²) >= 11 is 6.19. The molecule has 2 amide bonds. The Morgan fingerprint density at radius 3 is 2.65 bits per heavy atom. The summed E-state index contributed by atoms with van der Waals surface area (Å²) in [5, 5.41) is 5.72. The summed E-state index contributed by atoms with van der Waals surface area (Å²) in [4.78, 5) is 47.0. The van der Waals surface area contributed by atoms with Crippen LogP contribution >= 0.6 is 11.6 Å². The molecule has 43 heavy (non-hydrogen) atoms. The zero-order chi connectivity index (χ0) is 29.9. The number of anilines is 1. The van der Waals surface area contributed by atoms with Gasteiger partial charge >= 0.3 is 6.09 Å². The van der Waals surface area contributed by atoms with Crippen molar-refractivity contribution in [3.05, 3.63) is 93.0 Å². The number of aromatic nitrogens is 3. The highest BCUT2D eigenvalue weighted by atomic mass is 35.5. The highest BCUT2D eigenvalue weighted by Gasteiger charge is 2.46. The molecule has 7 rings (SSSR count). The lowest BCUT2D eigenvalue weighted by atomic mass is 9.89. The molecule has 0 unspecified atom stereocenters. The lowest BCUT2D eigenvalue weighted by molar-refractivity contribution is 0.0930. The van der Waals surface area contributed by atoms with Crippen LogP contribution in [0.5, 0.6) is 0 Å². The zero-order valence-corrected chi connectivity index (χ0v) is 24.1. The first-order valence-corrected chi connectivity index (χ1v) is 14.7. The van der Waals surface area contributed by atoms with Crippen LogP contribution in [-0.2, 0) is 11.2 Å². The Morgan fingerprint density at radius 1 is 1.19 bits per heavy atom. The van der Waals surface area contributed by atoms with Gasteiger partial charge in [-0.25, -0.2) is 14.2 Å². The van der Waals surface area contributed by atoms with E-state index in [0.717, 1.165) is 42.5 Å². The summed E-state index contributed by atoms with van der Waals surface area (Å²) in [6, 6.07) is 11.4. The first-order valence-electron chi connectivity index (χ1n) is 14.3. The molecule has 0 saturated heterocycles. The summed E-state index contributed by atoms with van der Waals surface area (Å²) in [5.41, 5.74) is 2.79. The Balaban J connectivity index is 1.29. The van der Waals surface area contributed by atoms with Crippen molar-refractivity contribution in [3.8, 4) is 22.4 Å². The van der Waals surface area contributed by atoms with Crippen LogP contribution in [0.1, 0.15) is 59.9 Å². The van der Waals surface area contributed by atoms with Crippen LogP contribution < -0.4 is 16.2 Å². The largest absolute Gasteiger partial charge is 0.453 e. The van der Waals surface area contributed by atoms with Gasteiger partial charge in [-0.05, 0) is 60.9 Å². The molecule has 2 aromatic carbocycles. The average Bonchev–Trinajstić information content (AvgIpc) is 3.92. The van der Waals surface area contributed by atoms with E-state index in [1.54, 1.807) is 35.2 Å². The van der Waals surface area contributed by atoms with Crippen molar-refractivity contribution in [2.45, 2.75) is 50.1 Å². The number of pyridine rings is 1. The van der Waals surface area contributed by atoms with E-state index in [9.17, 15) is 14.4 Å². The maximum Gasteiger partial charge on any atom is 0.411 e. The van der Waals surface area contributed by atoms with Gasteiger partial charge in [0.2, 0.25) is 0 Å². The number of carbonyl (C=O) groups excluding carboxylic acids is 2. The number of hydrogen-bond donors (Lipinski definition) is 3. The summed E-state index contributed by atoms with van der Waals surface area (Å²) < 4.78 is 21.8. The fraction of sp³-hybridized carbons (Fsp3) is 0.312. The molecule has 4 aromatic rings. The van der Waals surface area contributed by atoms with Crippen molar-refractivity contribution >= 4 is 29.3 Å². The third-order valence-electron chi connectivity index (χ3n) is 8.66. The maximum absolute atomic E-state index is 15.6. The third kappa shape index (κ3) is 5.20. The second-order valence-electron chi connectivity index (χ2n) is 11.7. The fourth-order valence-corrected chi connectivity index (χ4v) is 6.12. The van der Waals surface area contributed by atoms with E-state index in [-0.39, 0.29) is 33.2 Å². The average molecular weight is 602 g/mol. The number of rotatable bonds is 6.